The number of carboxylic acid groups (broad SMARTS) is 1. The Morgan fingerprint density at radius 1 is 0.949 bits per heavy atom. The molecule has 8 heteroatoms. The van der Waals surface area contributed by atoms with Gasteiger partial charge < -0.3 is 15.4 Å². The van der Waals surface area contributed by atoms with Crippen LogP contribution in [0.15, 0.2) is 95.2 Å². The van der Waals surface area contributed by atoms with E-state index in [9.17, 15) is 4.79 Å². The molecule has 1 saturated heterocycles. The first-order valence-electron chi connectivity index (χ1n) is 13.5. The van der Waals surface area contributed by atoms with Gasteiger partial charge >= 0.3 is 5.97 Å². The Bertz CT molecular complexity index is 1220. The third-order valence-electron chi connectivity index (χ3n) is 7.27. The fraction of sp³-hybridized carbons (Fsp3) is 0.323. The minimum Gasteiger partial charge on any atom is -0.480 e. The van der Waals surface area contributed by atoms with Gasteiger partial charge in [0.25, 0.3) is 0 Å². The highest BCUT2D eigenvalue weighted by atomic mass is 16.6. The minimum absolute atomic E-state index is 0.0265. The van der Waals surface area contributed by atoms with E-state index in [2.05, 4.69) is 81.2 Å². The molecule has 1 unspecified atom stereocenters. The number of hydrogen-bond donors (Lipinski definition) is 2. The van der Waals surface area contributed by atoms with Crippen molar-refractivity contribution in [3.8, 4) is 0 Å². The second-order valence-corrected chi connectivity index (χ2v) is 10.1. The summed E-state index contributed by atoms with van der Waals surface area (Å²) in [5, 5.41) is 17.8. The van der Waals surface area contributed by atoms with Crippen molar-refractivity contribution in [1.82, 2.24) is 15.2 Å². The summed E-state index contributed by atoms with van der Waals surface area (Å²) in [6.07, 6.45) is 2.64. The number of nitrogens with zero attached hydrogens (tertiary/aromatic N) is 4. The van der Waals surface area contributed by atoms with Crippen LogP contribution in [-0.2, 0) is 9.63 Å². The van der Waals surface area contributed by atoms with Crippen molar-refractivity contribution < 1.29 is 14.7 Å². The highest BCUT2D eigenvalue weighted by molar-refractivity contribution is 6.01. The molecule has 0 aromatic heterocycles. The van der Waals surface area contributed by atoms with E-state index in [1.165, 1.54) is 11.1 Å². The Labute approximate surface area is 229 Å². The molecule has 2 aliphatic rings. The first-order valence-corrected chi connectivity index (χ1v) is 13.5. The number of hydrazone groups is 1. The Hall–Kier alpha value is -4.01. The number of nitrogens with one attached hydrogen (secondary N) is 1. The second kappa shape index (κ2) is 13.2. The van der Waals surface area contributed by atoms with Crippen molar-refractivity contribution in [3.05, 3.63) is 107 Å². The molecule has 1 atom stereocenters. The summed E-state index contributed by atoms with van der Waals surface area (Å²) in [4.78, 5) is 20.9. The molecule has 0 amide bonds. The zero-order chi connectivity index (χ0) is 26.9. The summed E-state index contributed by atoms with van der Waals surface area (Å²) in [7, 11) is 0. The normalized spacial score (nSPS) is 18.3. The molecular formula is C31H35N5O3. The maximum absolute atomic E-state index is 10.9. The van der Waals surface area contributed by atoms with Gasteiger partial charge in [0.1, 0.15) is 6.10 Å². The first kappa shape index (κ1) is 26.6. The molecule has 0 bridgehead atoms. The van der Waals surface area contributed by atoms with Gasteiger partial charge in [-0.05, 0) is 22.3 Å². The van der Waals surface area contributed by atoms with Gasteiger partial charge in [0, 0.05) is 51.6 Å². The van der Waals surface area contributed by atoms with Gasteiger partial charge in [-0.15, -0.1) is 0 Å². The van der Waals surface area contributed by atoms with Crippen LogP contribution < -0.4 is 5.43 Å². The van der Waals surface area contributed by atoms with E-state index in [4.69, 9.17) is 9.94 Å². The largest absolute Gasteiger partial charge is 0.480 e. The standard InChI is InChI=1S/C31H35N5O3/c37-31(38)23-36-17-15-35(16-18-36)22-28-19-30(34-39-28)27-13-11-24(12-14-27)20-32-33-21-29(25-7-3-1-4-8-25)26-9-5-2-6-10-26/h1-14,20,28-29,33H,15-19,21-23H2,(H,37,38). The summed E-state index contributed by atoms with van der Waals surface area (Å²) in [6.45, 7) is 4.85. The lowest BCUT2D eigenvalue weighted by Crippen LogP contribution is -2.49. The molecule has 39 heavy (non-hydrogen) atoms. The molecule has 3 aromatic carbocycles. The molecule has 0 radical (unpaired) electrons. The quantitative estimate of drug-likeness (QED) is 0.294. The fourth-order valence-electron chi connectivity index (χ4n) is 5.13. The molecule has 2 N–H and O–H groups in total. The average molecular weight is 526 g/mol. The van der Waals surface area contributed by atoms with Crippen molar-refractivity contribution >= 4 is 17.9 Å². The fourth-order valence-corrected chi connectivity index (χ4v) is 5.13. The number of carbonyl (C=O) groups is 1. The van der Waals surface area contributed by atoms with Crippen LogP contribution in [0, 0.1) is 0 Å². The second-order valence-electron chi connectivity index (χ2n) is 10.1. The van der Waals surface area contributed by atoms with Crippen molar-refractivity contribution in [1.29, 1.82) is 0 Å². The Morgan fingerprint density at radius 3 is 2.18 bits per heavy atom. The smallest absolute Gasteiger partial charge is 0.317 e. The van der Waals surface area contributed by atoms with Crippen LogP contribution in [0.4, 0.5) is 0 Å². The first-order chi connectivity index (χ1) is 19.1. The lowest BCUT2D eigenvalue weighted by atomic mass is 9.91. The molecule has 1 fully saturated rings. The number of rotatable bonds is 11. The highest BCUT2D eigenvalue weighted by Crippen LogP contribution is 2.24. The topological polar surface area (TPSA) is 89.8 Å². The van der Waals surface area contributed by atoms with Crippen LogP contribution in [0.1, 0.15) is 34.6 Å². The van der Waals surface area contributed by atoms with Crippen LogP contribution >= 0.6 is 0 Å². The van der Waals surface area contributed by atoms with E-state index in [0.29, 0.717) is 6.54 Å². The summed E-state index contributed by atoms with van der Waals surface area (Å²) in [5.74, 6) is -0.553. The van der Waals surface area contributed by atoms with E-state index in [-0.39, 0.29) is 18.6 Å². The molecule has 3 aromatic rings. The molecular weight excluding hydrogens is 490 g/mol. The van der Waals surface area contributed by atoms with E-state index >= 15 is 0 Å². The van der Waals surface area contributed by atoms with E-state index in [0.717, 1.165) is 56.0 Å². The summed E-state index contributed by atoms with van der Waals surface area (Å²) < 4.78 is 0. The summed E-state index contributed by atoms with van der Waals surface area (Å²) in [6, 6.07) is 29.2. The van der Waals surface area contributed by atoms with Gasteiger partial charge in [-0.1, -0.05) is 90.1 Å². The molecule has 0 aliphatic carbocycles. The van der Waals surface area contributed by atoms with Crippen molar-refractivity contribution in [3.63, 3.8) is 0 Å². The van der Waals surface area contributed by atoms with Gasteiger partial charge in [0.2, 0.25) is 0 Å². The van der Waals surface area contributed by atoms with Gasteiger partial charge in [0.05, 0.1) is 18.5 Å². The van der Waals surface area contributed by atoms with E-state index in [1.807, 2.05) is 35.4 Å². The average Bonchev–Trinajstić information content (AvgIpc) is 3.43. The molecule has 202 valence electrons. The summed E-state index contributed by atoms with van der Waals surface area (Å²) >= 11 is 0. The number of aliphatic carboxylic acids is 1. The Kier molecular flexibility index (Phi) is 8.98. The minimum atomic E-state index is -0.770. The van der Waals surface area contributed by atoms with Crippen LogP contribution in [0.25, 0.3) is 0 Å². The van der Waals surface area contributed by atoms with Gasteiger partial charge in [-0.25, -0.2) is 0 Å². The maximum Gasteiger partial charge on any atom is 0.317 e. The zero-order valence-corrected chi connectivity index (χ0v) is 22.0. The van der Waals surface area contributed by atoms with Gasteiger partial charge in [-0.3, -0.25) is 14.6 Å². The van der Waals surface area contributed by atoms with Crippen molar-refractivity contribution in [2.45, 2.75) is 18.4 Å². The Morgan fingerprint density at radius 2 is 1.56 bits per heavy atom. The van der Waals surface area contributed by atoms with E-state index < -0.39 is 5.97 Å². The van der Waals surface area contributed by atoms with Crippen molar-refractivity contribution in [2.75, 3.05) is 45.8 Å². The highest BCUT2D eigenvalue weighted by Gasteiger charge is 2.27. The third kappa shape index (κ3) is 7.52. The lowest BCUT2D eigenvalue weighted by Gasteiger charge is -2.34. The van der Waals surface area contributed by atoms with E-state index in [1.54, 1.807) is 0 Å². The molecule has 5 rings (SSSR count). The molecule has 8 nitrogen and oxygen atoms in total. The third-order valence-corrected chi connectivity index (χ3v) is 7.27. The SMILES string of the molecule is O=C(O)CN1CCN(CC2CC(c3ccc(C=NNCC(c4ccccc4)c4ccccc4)cc3)=NO2)CC1. The Balaban J connectivity index is 1.09. The van der Waals surface area contributed by atoms with Crippen LogP contribution in [0.5, 0.6) is 0 Å². The predicted octanol–water partition coefficient (Wildman–Crippen LogP) is 3.64. The van der Waals surface area contributed by atoms with Gasteiger partial charge in [-0.2, -0.15) is 5.10 Å². The molecule has 2 heterocycles. The molecule has 0 saturated carbocycles. The van der Waals surface area contributed by atoms with Crippen molar-refractivity contribution in [2.24, 2.45) is 10.3 Å². The number of carboxylic acids is 1. The van der Waals surface area contributed by atoms with Gasteiger partial charge in [0.15, 0.2) is 0 Å². The zero-order valence-electron chi connectivity index (χ0n) is 22.0. The number of piperazine rings is 1. The number of oxime groups is 1. The maximum atomic E-state index is 10.9. The molecule has 0 spiro atoms. The van der Waals surface area contributed by atoms with Crippen LogP contribution in [-0.4, -0.2) is 84.7 Å². The number of hydrogen-bond acceptors (Lipinski definition) is 7. The number of benzene rings is 3. The predicted molar refractivity (Wildman–Crippen MR) is 153 cm³/mol. The lowest BCUT2D eigenvalue weighted by molar-refractivity contribution is -0.138. The summed E-state index contributed by atoms with van der Waals surface area (Å²) in [5.41, 5.74) is 8.79. The van der Waals surface area contributed by atoms with Crippen LogP contribution in [0.2, 0.25) is 0 Å². The van der Waals surface area contributed by atoms with Crippen LogP contribution in [0.3, 0.4) is 0 Å². The molecule has 2 aliphatic heterocycles. The monoisotopic (exact) mass is 525 g/mol.